The maximum atomic E-state index is 13.7. The molecule has 0 bridgehead atoms. The summed E-state index contributed by atoms with van der Waals surface area (Å²) >= 11 is 5.96. The Balaban J connectivity index is 1.67. The van der Waals surface area contributed by atoms with Crippen LogP contribution in [0.4, 0.5) is 17.6 Å². The molecule has 0 radical (unpaired) electrons. The number of hydrogen-bond donors (Lipinski definition) is 1. The quantitative estimate of drug-likeness (QED) is 0.630. The highest BCUT2D eigenvalue weighted by atomic mass is 35.5. The number of hydrogen-bond acceptors (Lipinski definition) is 3. The topological polar surface area (TPSA) is 59.8 Å². The number of rotatable bonds is 3. The zero-order valence-electron chi connectivity index (χ0n) is 14.7. The number of amides is 1. The van der Waals surface area contributed by atoms with E-state index >= 15 is 0 Å². The Labute approximate surface area is 167 Å². The van der Waals surface area contributed by atoms with Gasteiger partial charge in [-0.25, -0.2) is 9.07 Å². The Morgan fingerprint density at radius 1 is 1.17 bits per heavy atom. The van der Waals surface area contributed by atoms with Gasteiger partial charge in [0.1, 0.15) is 5.82 Å². The van der Waals surface area contributed by atoms with Crippen molar-refractivity contribution >= 4 is 17.5 Å². The number of carbonyl (C=O) groups is 1. The lowest BCUT2D eigenvalue weighted by Gasteiger charge is -2.15. The van der Waals surface area contributed by atoms with Gasteiger partial charge in [0.2, 0.25) is 0 Å². The minimum absolute atomic E-state index is 0.0638. The Hall–Kier alpha value is -2.94. The SMILES string of the molecule is O=C(NC1CCc2cc(Cl)ccc21)c1nnn(-c2ccc(F)cc2)c1C(F)(F)F. The van der Waals surface area contributed by atoms with E-state index in [-0.39, 0.29) is 5.69 Å². The van der Waals surface area contributed by atoms with Gasteiger partial charge in [-0.3, -0.25) is 4.79 Å². The molecule has 0 aliphatic heterocycles. The lowest BCUT2D eigenvalue weighted by atomic mass is 10.1. The van der Waals surface area contributed by atoms with Crippen molar-refractivity contribution in [3.05, 3.63) is 75.8 Å². The third-order valence-electron chi connectivity index (χ3n) is 4.71. The first-order valence-electron chi connectivity index (χ1n) is 8.62. The molecule has 10 heteroatoms. The third-order valence-corrected chi connectivity index (χ3v) is 4.95. The first-order chi connectivity index (χ1) is 13.7. The highest BCUT2D eigenvalue weighted by Crippen LogP contribution is 2.35. The van der Waals surface area contributed by atoms with Crippen molar-refractivity contribution in [3.8, 4) is 5.69 Å². The van der Waals surface area contributed by atoms with E-state index in [9.17, 15) is 22.4 Å². The smallest absolute Gasteiger partial charge is 0.344 e. The molecule has 150 valence electrons. The van der Waals surface area contributed by atoms with Crippen LogP contribution in [0.3, 0.4) is 0 Å². The summed E-state index contributed by atoms with van der Waals surface area (Å²) in [5.74, 6) is -1.60. The number of aryl methyl sites for hydroxylation is 1. The van der Waals surface area contributed by atoms with E-state index in [1.54, 1.807) is 18.2 Å². The molecular formula is C19H13ClF4N4O. The van der Waals surface area contributed by atoms with Gasteiger partial charge in [0.05, 0.1) is 11.7 Å². The van der Waals surface area contributed by atoms with E-state index in [2.05, 4.69) is 15.6 Å². The van der Waals surface area contributed by atoms with Crippen LogP contribution in [0.5, 0.6) is 0 Å². The summed E-state index contributed by atoms with van der Waals surface area (Å²) in [6.07, 6.45) is -3.71. The molecule has 1 atom stereocenters. The van der Waals surface area contributed by atoms with Crippen LogP contribution in [0.1, 0.15) is 39.8 Å². The molecule has 1 aliphatic carbocycles. The lowest BCUT2D eigenvalue weighted by molar-refractivity contribution is -0.143. The number of nitrogens with zero attached hydrogens (tertiary/aromatic N) is 3. The summed E-state index contributed by atoms with van der Waals surface area (Å²) < 4.78 is 54.7. The molecule has 4 rings (SSSR count). The van der Waals surface area contributed by atoms with Crippen molar-refractivity contribution < 1.29 is 22.4 Å². The predicted octanol–water partition coefficient (Wildman–Crippen LogP) is 4.50. The van der Waals surface area contributed by atoms with Gasteiger partial charge in [0.15, 0.2) is 11.4 Å². The van der Waals surface area contributed by atoms with Gasteiger partial charge in [-0.05, 0) is 60.4 Å². The van der Waals surface area contributed by atoms with E-state index in [0.717, 1.165) is 35.4 Å². The van der Waals surface area contributed by atoms with E-state index in [0.29, 0.717) is 22.5 Å². The number of fused-ring (bicyclic) bond motifs is 1. The van der Waals surface area contributed by atoms with Crippen LogP contribution in [-0.2, 0) is 12.6 Å². The fourth-order valence-corrected chi connectivity index (χ4v) is 3.61. The van der Waals surface area contributed by atoms with Gasteiger partial charge in [-0.1, -0.05) is 22.9 Å². The Morgan fingerprint density at radius 2 is 1.90 bits per heavy atom. The fourth-order valence-electron chi connectivity index (χ4n) is 3.41. The molecule has 3 aromatic rings. The number of carbonyl (C=O) groups excluding carboxylic acids is 1. The molecule has 0 saturated carbocycles. The molecule has 0 saturated heterocycles. The van der Waals surface area contributed by atoms with E-state index < -0.39 is 35.3 Å². The number of nitrogens with one attached hydrogen (secondary N) is 1. The van der Waals surface area contributed by atoms with Crippen LogP contribution < -0.4 is 5.32 Å². The van der Waals surface area contributed by atoms with Gasteiger partial charge in [0.25, 0.3) is 5.91 Å². The van der Waals surface area contributed by atoms with Gasteiger partial charge >= 0.3 is 6.18 Å². The van der Waals surface area contributed by atoms with Gasteiger partial charge < -0.3 is 5.32 Å². The summed E-state index contributed by atoms with van der Waals surface area (Å²) in [7, 11) is 0. The first-order valence-corrected chi connectivity index (χ1v) is 9.00. The molecule has 0 fully saturated rings. The second-order valence-electron chi connectivity index (χ2n) is 6.58. The van der Waals surface area contributed by atoms with Crippen LogP contribution in [-0.4, -0.2) is 20.9 Å². The van der Waals surface area contributed by atoms with Crippen molar-refractivity contribution in [1.82, 2.24) is 20.3 Å². The van der Waals surface area contributed by atoms with Crippen molar-refractivity contribution in [1.29, 1.82) is 0 Å². The van der Waals surface area contributed by atoms with Crippen molar-refractivity contribution in [3.63, 3.8) is 0 Å². The van der Waals surface area contributed by atoms with Crippen LogP contribution in [0.2, 0.25) is 5.02 Å². The maximum Gasteiger partial charge on any atom is 0.435 e. The zero-order valence-corrected chi connectivity index (χ0v) is 15.4. The van der Waals surface area contributed by atoms with E-state index in [1.165, 1.54) is 0 Å². The minimum Gasteiger partial charge on any atom is -0.344 e. The highest BCUT2D eigenvalue weighted by molar-refractivity contribution is 6.30. The molecular weight excluding hydrogens is 412 g/mol. The molecule has 1 aliphatic rings. The van der Waals surface area contributed by atoms with Gasteiger partial charge in [-0.2, -0.15) is 13.2 Å². The van der Waals surface area contributed by atoms with E-state index in [1.807, 2.05) is 0 Å². The normalized spacial score (nSPS) is 16.0. The second kappa shape index (κ2) is 7.14. The Kier molecular flexibility index (Phi) is 4.77. The number of aromatic nitrogens is 3. The molecule has 1 N–H and O–H groups in total. The third kappa shape index (κ3) is 3.69. The van der Waals surface area contributed by atoms with Crippen LogP contribution in [0.15, 0.2) is 42.5 Å². The van der Waals surface area contributed by atoms with Crippen LogP contribution in [0, 0.1) is 5.82 Å². The average molecular weight is 425 g/mol. The Morgan fingerprint density at radius 3 is 2.59 bits per heavy atom. The summed E-state index contributed by atoms with van der Waals surface area (Å²) in [4.78, 5) is 12.6. The molecule has 0 spiro atoms. The monoisotopic (exact) mass is 424 g/mol. The molecule has 1 heterocycles. The fraction of sp³-hybridized carbons (Fsp3) is 0.211. The molecule has 2 aromatic carbocycles. The highest BCUT2D eigenvalue weighted by Gasteiger charge is 2.42. The number of alkyl halides is 3. The lowest BCUT2D eigenvalue weighted by Crippen LogP contribution is -2.30. The van der Waals surface area contributed by atoms with Gasteiger partial charge in [0, 0.05) is 5.02 Å². The molecule has 1 amide bonds. The standard InChI is InChI=1S/C19H13ClF4N4O/c20-11-2-7-14-10(9-11)1-8-15(14)25-18(29)16-17(19(22,23)24)28(27-26-16)13-5-3-12(21)4-6-13/h2-7,9,15H,1,8H2,(H,25,29). The summed E-state index contributed by atoms with van der Waals surface area (Å²) in [5.41, 5.74) is -0.484. The maximum absolute atomic E-state index is 13.7. The van der Waals surface area contributed by atoms with E-state index in [4.69, 9.17) is 11.6 Å². The minimum atomic E-state index is -4.90. The average Bonchev–Trinajstić information content (AvgIpc) is 3.26. The first kappa shape index (κ1) is 19.4. The molecule has 29 heavy (non-hydrogen) atoms. The number of benzene rings is 2. The molecule has 1 unspecified atom stereocenters. The summed E-state index contributed by atoms with van der Waals surface area (Å²) in [6, 6.07) is 8.97. The second-order valence-corrected chi connectivity index (χ2v) is 7.02. The zero-order chi connectivity index (χ0) is 20.8. The van der Waals surface area contributed by atoms with Crippen molar-refractivity contribution in [2.24, 2.45) is 0 Å². The van der Waals surface area contributed by atoms with Crippen LogP contribution >= 0.6 is 11.6 Å². The molecule has 1 aromatic heterocycles. The van der Waals surface area contributed by atoms with Gasteiger partial charge in [-0.15, -0.1) is 5.10 Å². The Bertz CT molecular complexity index is 1080. The summed E-state index contributed by atoms with van der Waals surface area (Å²) in [6.45, 7) is 0. The predicted molar refractivity (Wildman–Crippen MR) is 96.3 cm³/mol. The van der Waals surface area contributed by atoms with Crippen molar-refractivity contribution in [2.75, 3.05) is 0 Å². The largest absolute Gasteiger partial charge is 0.435 e. The van der Waals surface area contributed by atoms with Crippen LogP contribution in [0.25, 0.3) is 5.69 Å². The number of halogens is 5. The summed E-state index contributed by atoms with van der Waals surface area (Å²) in [5, 5.41) is 10.1. The van der Waals surface area contributed by atoms with Crippen molar-refractivity contribution in [2.45, 2.75) is 25.1 Å². The molecule has 5 nitrogen and oxygen atoms in total.